The molecule has 0 aliphatic rings. The van der Waals surface area contributed by atoms with E-state index in [1.54, 1.807) is 42.5 Å². The number of nitrogens with two attached hydrogens (primary N) is 1. The second kappa shape index (κ2) is 23.2. The Hall–Kier alpha value is -5.47. The minimum absolute atomic E-state index is 0.0122. The molecule has 2 aromatic rings. The Balaban J connectivity index is 2.05. The standard InChI is InChI=1S/C38H55N7O8/c1-5-6-7-11-14-29(35(39)50)44-37(52)30(19-24(2)3)45-38(53)32(20-26-12-9-8-10-13-26)43-34(49)23-40-33(48)22-41-36(51)31(42-25(4)46)21-27-15-17-28(47)18-16-27/h8-10,12-13,15-18,24,29-32,47H,5-7,11,14,19-23H2,1-4H3,(H2,39,50)(H,40,48)(H,41,51)(H,42,46)(H,43,49)(H,44,52)(H,45,53)/t29-,30-,31-,32-/m0/s1. The van der Waals surface area contributed by atoms with Crippen molar-refractivity contribution in [2.45, 2.75) is 103 Å². The fraction of sp³-hybridized carbons (Fsp3) is 0.500. The molecule has 53 heavy (non-hydrogen) atoms. The van der Waals surface area contributed by atoms with E-state index in [-0.39, 0.29) is 30.9 Å². The number of primary amides is 1. The largest absolute Gasteiger partial charge is 0.508 e. The second-order valence-electron chi connectivity index (χ2n) is 13.4. The first-order chi connectivity index (χ1) is 25.2. The van der Waals surface area contributed by atoms with Crippen molar-refractivity contribution in [3.63, 3.8) is 0 Å². The van der Waals surface area contributed by atoms with Gasteiger partial charge in [0, 0.05) is 19.8 Å². The molecule has 0 bridgehead atoms. The summed E-state index contributed by atoms with van der Waals surface area (Å²) in [6.45, 7) is 6.06. The van der Waals surface area contributed by atoms with Crippen molar-refractivity contribution in [3.05, 3.63) is 65.7 Å². The number of hydrogen-bond acceptors (Lipinski definition) is 8. The van der Waals surface area contributed by atoms with Crippen molar-refractivity contribution in [1.82, 2.24) is 31.9 Å². The summed E-state index contributed by atoms with van der Waals surface area (Å²) in [5.74, 6) is -4.32. The van der Waals surface area contributed by atoms with Crippen molar-refractivity contribution in [3.8, 4) is 5.75 Å². The molecule has 290 valence electrons. The number of amides is 7. The van der Waals surface area contributed by atoms with Crippen molar-refractivity contribution in [1.29, 1.82) is 0 Å². The highest BCUT2D eigenvalue weighted by Crippen LogP contribution is 2.12. The maximum absolute atomic E-state index is 13.7. The van der Waals surface area contributed by atoms with E-state index in [2.05, 4.69) is 38.8 Å². The van der Waals surface area contributed by atoms with Gasteiger partial charge in [0.2, 0.25) is 41.4 Å². The van der Waals surface area contributed by atoms with Gasteiger partial charge in [0.15, 0.2) is 0 Å². The molecule has 9 N–H and O–H groups in total. The highest BCUT2D eigenvalue weighted by molar-refractivity contribution is 5.95. The number of phenolic OH excluding ortho intramolecular Hbond substituents is 1. The van der Waals surface area contributed by atoms with Crippen LogP contribution in [-0.2, 0) is 46.4 Å². The van der Waals surface area contributed by atoms with Gasteiger partial charge in [-0.15, -0.1) is 0 Å². The average molecular weight is 738 g/mol. The quantitative estimate of drug-likeness (QED) is 0.0760. The van der Waals surface area contributed by atoms with Crippen LogP contribution in [0, 0.1) is 5.92 Å². The zero-order chi connectivity index (χ0) is 39.3. The predicted molar refractivity (Wildman–Crippen MR) is 199 cm³/mol. The van der Waals surface area contributed by atoms with E-state index in [0.717, 1.165) is 24.8 Å². The molecule has 0 unspecified atom stereocenters. The van der Waals surface area contributed by atoms with Gasteiger partial charge in [-0.05, 0) is 42.0 Å². The van der Waals surface area contributed by atoms with Crippen molar-refractivity contribution in [2.24, 2.45) is 11.7 Å². The number of benzene rings is 2. The van der Waals surface area contributed by atoms with Crippen LogP contribution in [0.25, 0.3) is 0 Å². The molecule has 0 aliphatic carbocycles. The second-order valence-corrected chi connectivity index (χ2v) is 13.4. The maximum atomic E-state index is 13.7. The van der Waals surface area contributed by atoms with E-state index in [4.69, 9.17) is 5.73 Å². The normalized spacial score (nSPS) is 13.1. The molecule has 0 saturated carbocycles. The minimum atomic E-state index is -1.14. The van der Waals surface area contributed by atoms with Crippen LogP contribution in [0.5, 0.6) is 5.75 Å². The van der Waals surface area contributed by atoms with Gasteiger partial charge in [0.25, 0.3) is 0 Å². The van der Waals surface area contributed by atoms with Gasteiger partial charge in [-0.3, -0.25) is 33.6 Å². The van der Waals surface area contributed by atoms with Crippen molar-refractivity contribution in [2.75, 3.05) is 13.1 Å². The molecule has 0 spiro atoms. The van der Waals surface area contributed by atoms with Crippen LogP contribution >= 0.6 is 0 Å². The number of unbranched alkanes of at least 4 members (excludes halogenated alkanes) is 3. The minimum Gasteiger partial charge on any atom is -0.508 e. The first kappa shape index (κ1) is 43.7. The number of aromatic hydroxyl groups is 1. The molecule has 0 aliphatic heterocycles. The molecule has 0 aromatic heterocycles. The van der Waals surface area contributed by atoms with Crippen LogP contribution in [0.2, 0.25) is 0 Å². The van der Waals surface area contributed by atoms with E-state index in [1.807, 2.05) is 13.8 Å². The van der Waals surface area contributed by atoms with Gasteiger partial charge in [-0.1, -0.05) is 88.9 Å². The smallest absolute Gasteiger partial charge is 0.243 e. The van der Waals surface area contributed by atoms with E-state index < -0.39 is 78.6 Å². The van der Waals surface area contributed by atoms with Gasteiger partial charge in [-0.25, -0.2) is 0 Å². The molecule has 0 saturated heterocycles. The average Bonchev–Trinajstić information content (AvgIpc) is 3.10. The molecule has 0 radical (unpaired) electrons. The first-order valence-electron chi connectivity index (χ1n) is 18.0. The number of phenols is 1. The lowest BCUT2D eigenvalue weighted by molar-refractivity contribution is -0.133. The lowest BCUT2D eigenvalue weighted by Crippen LogP contribution is -2.57. The Morgan fingerprint density at radius 2 is 1.21 bits per heavy atom. The van der Waals surface area contributed by atoms with Gasteiger partial charge >= 0.3 is 0 Å². The zero-order valence-corrected chi connectivity index (χ0v) is 31.0. The monoisotopic (exact) mass is 737 g/mol. The molecule has 0 fully saturated rings. The van der Waals surface area contributed by atoms with E-state index in [1.165, 1.54) is 19.1 Å². The van der Waals surface area contributed by atoms with E-state index in [0.29, 0.717) is 18.4 Å². The summed E-state index contributed by atoms with van der Waals surface area (Å²) in [5, 5.41) is 25.0. The van der Waals surface area contributed by atoms with E-state index >= 15 is 0 Å². The van der Waals surface area contributed by atoms with Gasteiger partial charge in [0.05, 0.1) is 13.1 Å². The zero-order valence-electron chi connectivity index (χ0n) is 31.0. The van der Waals surface area contributed by atoms with Crippen molar-refractivity contribution < 1.29 is 38.7 Å². The highest BCUT2D eigenvalue weighted by Gasteiger charge is 2.30. The summed E-state index contributed by atoms with van der Waals surface area (Å²) in [6, 6.07) is 11.0. The third-order valence-corrected chi connectivity index (χ3v) is 8.22. The number of hydrogen-bond donors (Lipinski definition) is 8. The van der Waals surface area contributed by atoms with Gasteiger partial charge in [0.1, 0.15) is 29.9 Å². The Morgan fingerprint density at radius 3 is 1.79 bits per heavy atom. The topological polar surface area (TPSA) is 238 Å². The highest BCUT2D eigenvalue weighted by atomic mass is 16.3. The SMILES string of the molecule is CCCCCC[C@H](NC(=O)[C@H](CC(C)C)NC(=O)[C@H](Cc1ccccc1)NC(=O)CNC(=O)CNC(=O)[C@H](Cc1ccc(O)cc1)NC(C)=O)C(N)=O. The summed E-state index contributed by atoms with van der Waals surface area (Å²) < 4.78 is 0. The Morgan fingerprint density at radius 1 is 0.642 bits per heavy atom. The summed E-state index contributed by atoms with van der Waals surface area (Å²) in [7, 11) is 0. The van der Waals surface area contributed by atoms with Gasteiger partial charge in [-0.2, -0.15) is 0 Å². The number of carbonyl (C=O) groups excluding carboxylic acids is 7. The molecular weight excluding hydrogens is 682 g/mol. The predicted octanol–water partition coefficient (Wildman–Crippen LogP) is 0.871. The lowest BCUT2D eigenvalue weighted by atomic mass is 10.00. The molecule has 2 rings (SSSR count). The Kier molecular flexibility index (Phi) is 19.1. The first-order valence-corrected chi connectivity index (χ1v) is 18.0. The van der Waals surface area contributed by atoms with Crippen LogP contribution in [0.1, 0.15) is 77.3 Å². The Labute approximate surface area is 311 Å². The lowest BCUT2D eigenvalue weighted by Gasteiger charge is -2.26. The third-order valence-electron chi connectivity index (χ3n) is 8.22. The fourth-order valence-corrected chi connectivity index (χ4v) is 5.47. The van der Waals surface area contributed by atoms with Crippen LogP contribution < -0.4 is 37.6 Å². The summed E-state index contributed by atoms with van der Waals surface area (Å²) >= 11 is 0. The van der Waals surface area contributed by atoms with Crippen LogP contribution in [0.3, 0.4) is 0 Å². The van der Waals surface area contributed by atoms with Crippen LogP contribution in [-0.4, -0.2) is 83.7 Å². The molecule has 15 nitrogen and oxygen atoms in total. The third kappa shape index (κ3) is 17.5. The van der Waals surface area contributed by atoms with Crippen LogP contribution in [0.15, 0.2) is 54.6 Å². The number of carbonyl (C=O) groups is 7. The summed E-state index contributed by atoms with van der Waals surface area (Å²) in [6.07, 6.45) is 4.40. The summed E-state index contributed by atoms with van der Waals surface area (Å²) in [4.78, 5) is 89.3. The molecule has 0 heterocycles. The summed E-state index contributed by atoms with van der Waals surface area (Å²) in [5.41, 5.74) is 6.97. The molecule has 4 atom stereocenters. The molecule has 15 heteroatoms. The van der Waals surface area contributed by atoms with Crippen LogP contribution in [0.4, 0.5) is 0 Å². The number of rotatable bonds is 23. The fourth-order valence-electron chi connectivity index (χ4n) is 5.47. The van der Waals surface area contributed by atoms with E-state index in [9.17, 15) is 38.7 Å². The van der Waals surface area contributed by atoms with Crippen molar-refractivity contribution >= 4 is 41.4 Å². The number of nitrogens with one attached hydrogen (secondary N) is 6. The maximum Gasteiger partial charge on any atom is 0.243 e. The Bertz CT molecular complexity index is 1520. The molecule has 2 aromatic carbocycles. The molecular formula is C38H55N7O8. The van der Waals surface area contributed by atoms with Gasteiger partial charge < -0.3 is 42.7 Å². The molecule has 7 amide bonds.